The fraction of sp³-hybridized carbons (Fsp3) is 0.364. The van der Waals surface area contributed by atoms with Gasteiger partial charge in [-0.2, -0.15) is 4.31 Å². The molecule has 1 amide bonds. The maximum absolute atomic E-state index is 12.9. The van der Waals surface area contributed by atoms with Crippen LogP contribution >= 0.6 is 0 Å². The van der Waals surface area contributed by atoms with E-state index in [1.807, 2.05) is 0 Å². The molecule has 2 aromatic rings. The number of benzene rings is 2. The van der Waals surface area contributed by atoms with Crippen molar-refractivity contribution in [2.45, 2.75) is 38.0 Å². The average Bonchev–Trinajstić information content (AvgIpc) is 2.76. The highest BCUT2D eigenvalue weighted by molar-refractivity contribution is 7.89. The molecule has 1 aliphatic rings. The van der Waals surface area contributed by atoms with Crippen molar-refractivity contribution in [3.63, 3.8) is 0 Å². The first kappa shape index (κ1) is 22.8. The van der Waals surface area contributed by atoms with E-state index in [0.29, 0.717) is 29.9 Å². The van der Waals surface area contributed by atoms with E-state index < -0.39 is 28.5 Å². The number of rotatable bonds is 6. The van der Waals surface area contributed by atoms with Gasteiger partial charge in [0.15, 0.2) is 6.61 Å². The Bertz CT molecular complexity index is 1090. The number of phenolic OH excluding ortho intramolecular Hbond substituents is 1. The average molecular weight is 447 g/mol. The molecule has 8 nitrogen and oxygen atoms in total. The van der Waals surface area contributed by atoms with E-state index in [4.69, 9.17) is 4.74 Å². The number of aromatic hydroxyl groups is 1. The number of esters is 1. The molecule has 0 atom stereocenters. The number of hydrogen-bond acceptors (Lipinski definition) is 6. The lowest BCUT2D eigenvalue weighted by atomic mass is 10.1. The zero-order chi connectivity index (χ0) is 22.6. The summed E-state index contributed by atoms with van der Waals surface area (Å²) in [6.45, 7) is 3.78. The van der Waals surface area contributed by atoms with E-state index >= 15 is 0 Å². The number of ether oxygens (including phenoxy) is 1. The normalized spacial score (nSPS) is 14.8. The molecule has 1 fully saturated rings. The zero-order valence-electron chi connectivity index (χ0n) is 17.6. The van der Waals surface area contributed by atoms with Crippen molar-refractivity contribution in [2.24, 2.45) is 0 Å². The zero-order valence-corrected chi connectivity index (χ0v) is 18.4. The number of phenols is 1. The van der Waals surface area contributed by atoms with Gasteiger partial charge in [0.2, 0.25) is 10.0 Å². The van der Waals surface area contributed by atoms with Crippen LogP contribution in [-0.4, -0.2) is 49.4 Å². The van der Waals surface area contributed by atoms with Crippen LogP contribution in [0.2, 0.25) is 0 Å². The summed E-state index contributed by atoms with van der Waals surface area (Å²) < 4.78 is 32.2. The molecule has 0 spiro atoms. The summed E-state index contributed by atoms with van der Waals surface area (Å²) in [5, 5.41) is 12.6. The maximum atomic E-state index is 12.9. The Morgan fingerprint density at radius 2 is 1.77 bits per heavy atom. The van der Waals surface area contributed by atoms with Crippen molar-refractivity contribution >= 4 is 27.6 Å². The van der Waals surface area contributed by atoms with Crippen molar-refractivity contribution in [1.29, 1.82) is 0 Å². The van der Waals surface area contributed by atoms with Crippen LogP contribution in [0.5, 0.6) is 5.75 Å². The van der Waals surface area contributed by atoms with Crippen molar-refractivity contribution in [3.05, 3.63) is 53.1 Å². The monoisotopic (exact) mass is 446 g/mol. The fourth-order valence-electron chi connectivity index (χ4n) is 3.37. The SMILES string of the molecule is Cc1ccc(S(=O)(=O)N2CCCCC2)cc1NC(=O)COC(=O)c1cccc(C)c1O. The lowest BCUT2D eigenvalue weighted by Gasteiger charge is -2.26. The third-order valence-corrected chi connectivity index (χ3v) is 7.12. The number of carbonyl (C=O) groups is 2. The predicted molar refractivity (Wildman–Crippen MR) is 116 cm³/mol. The van der Waals surface area contributed by atoms with Crippen molar-refractivity contribution in [1.82, 2.24) is 4.31 Å². The number of amides is 1. The first-order valence-corrected chi connectivity index (χ1v) is 11.5. The van der Waals surface area contributed by atoms with E-state index in [2.05, 4.69) is 5.32 Å². The minimum atomic E-state index is -3.64. The van der Waals surface area contributed by atoms with Gasteiger partial charge in [-0.05, 0) is 56.0 Å². The summed E-state index contributed by atoms with van der Waals surface area (Å²) in [6.07, 6.45) is 2.67. The minimum absolute atomic E-state index is 0.0291. The number of hydrogen-bond donors (Lipinski definition) is 2. The molecule has 0 aliphatic carbocycles. The molecule has 0 radical (unpaired) electrons. The molecule has 1 heterocycles. The summed E-state index contributed by atoms with van der Waals surface area (Å²) in [7, 11) is -3.64. The number of para-hydroxylation sites is 1. The van der Waals surface area contributed by atoms with Gasteiger partial charge in [-0.15, -0.1) is 0 Å². The van der Waals surface area contributed by atoms with Crippen LogP contribution in [0.25, 0.3) is 0 Å². The Morgan fingerprint density at radius 1 is 1.06 bits per heavy atom. The summed E-state index contributed by atoms with van der Waals surface area (Å²) in [5.41, 5.74) is 1.49. The predicted octanol–water partition coefficient (Wildman–Crippen LogP) is 2.98. The van der Waals surface area contributed by atoms with E-state index in [9.17, 15) is 23.1 Å². The van der Waals surface area contributed by atoms with Crippen LogP contribution in [0.4, 0.5) is 5.69 Å². The van der Waals surface area contributed by atoms with Gasteiger partial charge in [0.05, 0.1) is 4.90 Å². The Morgan fingerprint density at radius 3 is 2.48 bits per heavy atom. The summed E-state index contributed by atoms with van der Waals surface area (Å²) in [6, 6.07) is 9.22. The topological polar surface area (TPSA) is 113 Å². The van der Waals surface area contributed by atoms with Crippen LogP contribution in [0.1, 0.15) is 40.7 Å². The quantitative estimate of drug-likeness (QED) is 0.660. The van der Waals surface area contributed by atoms with Gasteiger partial charge in [-0.1, -0.05) is 24.6 Å². The molecule has 1 aliphatic heterocycles. The second-order valence-corrected chi connectivity index (χ2v) is 9.47. The summed E-state index contributed by atoms with van der Waals surface area (Å²) in [4.78, 5) is 24.6. The molecule has 0 saturated carbocycles. The van der Waals surface area contributed by atoms with E-state index in [-0.39, 0.29) is 16.2 Å². The van der Waals surface area contributed by atoms with Crippen LogP contribution < -0.4 is 5.32 Å². The first-order chi connectivity index (χ1) is 14.7. The van der Waals surface area contributed by atoms with Gasteiger partial charge in [0.1, 0.15) is 11.3 Å². The third kappa shape index (κ3) is 5.23. The number of nitrogens with one attached hydrogen (secondary N) is 1. The number of piperidine rings is 1. The largest absolute Gasteiger partial charge is 0.507 e. The first-order valence-electron chi connectivity index (χ1n) is 10.1. The van der Waals surface area contributed by atoms with Crippen LogP contribution in [0, 0.1) is 13.8 Å². The Balaban J connectivity index is 1.68. The lowest BCUT2D eigenvalue weighted by molar-refractivity contribution is -0.119. The van der Waals surface area contributed by atoms with E-state index in [1.54, 1.807) is 32.0 Å². The summed E-state index contributed by atoms with van der Waals surface area (Å²) in [5.74, 6) is -1.63. The molecule has 3 rings (SSSR count). The Kier molecular flexibility index (Phi) is 6.97. The van der Waals surface area contributed by atoms with Crippen molar-refractivity contribution in [3.8, 4) is 5.75 Å². The van der Waals surface area contributed by atoms with Crippen LogP contribution in [0.3, 0.4) is 0 Å². The van der Waals surface area contributed by atoms with E-state index in [1.165, 1.54) is 22.5 Å². The number of sulfonamides is 1. The van der Waals surface area contributed by atoms with Gasteiger partial charge < -0.3 is 15.2 Å². The summed E-state index contributed by atoms with van der Waals surface area (Å²) >= 11 is 0. The van der Waals surface area contributed by atoms with Gasteiger partial charge in [-0.25, -0.2) is 13.2 Å². The highest BCUT2D eigenvalue weighted by atomic mass is 32.2. The molecular weight excluding hydrogens is 420 g/mol. The van der Waals surface area contributed by atoms with Crippen molar-refractivity contribution in [2.75, 3.05) is 25.0 Å². The molecule has 166 valence electrons. The molecular formula is C22H26N2O6S. The molecule has 1 saturated heterocycles. The Labute approximate surface area is 181 Å². The standard InChI is InChI=1S/C22H26N2O6S/c1-15-9-10-17(31(28,29)24-11-4-3-5-12-24)13-19(15)23-20(25)14-30-22(27)18-8-6-7-16(2)21(18)26/h6-10,13,26H,3-5,11-12,14H2,1-2H3,(H,23,25). The molecule has 31 heavy (non-hydrogen) atoms. The minimum Gasteiger partial charge on any atom is -0.507 e. The number of aryl methyl sites for hydroxylation is 2. The lowest BCUT2D eigenvalue weighted by Crippen LogP contribution is -2.35. The van der Waals surface area contributed by atoms with Gasteiger partial charge in [-0.3, -0.25) is 4.79 Å². The number of carbonyl (C=O) groups excluding carboxylic acids is 2. The van der Waals surface area contributed by atoms with Crippen LogP contribution in [-0.2, 0) is 19.6 Å². The highest BCUT2D eigenvalue weighted by Gasteiger charge is 2.26. The molecule has 0 unspecified atom stereocenters. The molecule has 2 aromatic carbocycles. The molecule has 9 heteroatoms. The smallest absolute Gasteiger partial charge is 0.342 e. The molecule has 2 N–H and O–H groups in total. The maximum Gasteiger partial charge on any atom is 0.342 e. The van der Waals surface area contributed by atoms with Gasteiger partial charge in [0, 0.05) is 18.8 Å². The van der Waals surface area contributed by atoms with E-state index in [0.717, 1.165) is 19.3 Å². The second kappa shape index (κ2) is 9.49. The van der Waals surface area contributed by atoms with Crippen molar-refractivity contribution < 1.29 is 27.9 Å². The van der Waals surface area contributed by atoms with Gasteiger partial charge >= 0.3 is 5.97 Å². The third-order valence-electron chi connectivity index (χ3n) is 5.23. The number of anilines is 1. The fourth-order valence-corrected chi connectivity index (χ4v) is 4.91. The molecule has 0 bridgehead atoms. The second-order valence-electron chi connectivity index (χ2n) is 7.54. The Hall–Kier alpha value is -2.91. The van der Waals surface area contributed by atoms with Gasteiger partial charge in [0.25, 0.3) is 5.91 Å². The highest BCUT2D eigenvalue weighted by Crippen LogP contribution is 2.25. The number of nitrogens with zero attached hydrogens (tertiary/aromatic N) is 1. The molecule has 0 aromatic heterocycles. The van der Waals surface area contributed by atoms with Crippen LogP contribution in [0.15, 0.2) is 41.3 Å².